The Morgan fingerprint density at radius 2 is 2.09 bits per heavy atom. The van der Waals surface area contributed by atoms with Gasteiger partial charge in [0.15, 0.2) is 5.96 Å². The van der Waals surface area contributed by atoms with Gasteiger partial charge in [0, 0.05) is 30.9 Å². The summed E-state index contributed by atoms with van der Waals surface area (Å²) in [6.45, 7) is 5.94. The first-order chi connectivity index (χ1) is 9.99. The number of nitrogens with two attached hydrogens (primary N) is 1. The second kappa shape index (κ2) is 11.6. The average molecular weight is 419 g/mol. The molecule has 0 aliphatic rings. The molecule has 1 aromatic rings. The average Bonchev–Trinajstić information content (AvgIpc) is 2.44. The number of likely N-dealkylation sites (N-methyl/N-ethyl adjacent to an activating group) is 1. The molecule has 1 rings (SSSR count). The first-order valence-electron chi connectivity index (χ1n) is 7.59. The first kappa shape index (κ1) is 21.1. The van der Waals surface area contributed by atoms with Crippen LogP contribution in [0.15, 0.2) is 29.4 Å². The predicted octanol–water partition coefficient (Wildman–Crippen LogP) is 2.12. The minimum Gasteiger partial charge on any atom is -0.370 e. The van der Waals surface area contributed by atoms with Crippen LogP contribution >= 0.6 is 24.0 Å². The molecular weight excluding hydrogens is 389 g/mol. The normalized spacial score (nSPS) is 13.1. The molecular formula is C16H30IN5. The predicted molar refractivity (Wildman–Crippen MR) is 105 cm³/mol. The van der Waals surface area contributed by atoms with E-state index in [9.17, 15) is 0 Å². The van der Waals surface area contributed by atoms with Gasteiger partial charge in [0.1, 0.15) is 0 Å². The summed E-state index contributed by atoms with van der Waals surface area (Å²) < 4.78 is 0. The van der Waals surface area contributed by atoms with Gasteiger partial charge in [-0.1, -0.05) is 19.9 Å². The van der Waals surface area contributed by atoms with Gasteiger partial charge >= 0.3 is 0 Å². The molecule has 0 fully saturated rings. The number of rotatable bonds is 8. The van der Waals surface area contributed by atoms with Crippen molar-refractivity contribution in [3.63, 3.8) is 0 Å². The van der Waals surface area contributed by atoms with Gasteiger partial charge in [-0.3, -0.25) is 9.98 Å². The number of aliphatic imine (C=N–C) groups is 1. The maximum absolute atomic E-state index is 5.92. The van der Waals surface area contributed by atoms with E-state index in [2.05, 4.69) is 48.1 Å². The number of hydrogen-bond acceptors (Lipinski definition) is 3. The van der Waals surface area contributed by atoms with E-state index in [4.69, 9.17) is 5.73 Å². The molecule has 1 unspecified atom stereocenters. The van der Waals surface area contributed by atoms with Crippen LogP contribution in [0.25, 0.3) is 0 Å². The molecule has 22 heavy (non-hydrogen) atoms. The maximum atomic E-state index is 5.92. The fourth-order valence-corrected chi connectivity index (χ4v) is 2.12. The Bertz CT molecular complexity index is 420. The number of pyridine rings is 1. The molecule has 0 saturated carbocycles. The zero-order valence-electron chi connectivity index (χ0n) is 14.1. The Labute approximate surface area is 151 Å². The molecule has 5 nitrogen and oxygen atoms in total. The Morgan fingerprint density at radius 3 is 2.64 bits per heavy atom. The lowest BCUT2D eigenvalue weighted by molar-refractivity contribution is 0.261. The fraction of sp³-hybridized carbons (Fsp3) is 0.625. The minimum absolute atomic E-state index is 0. The quantitative estimate of drug-likeness (QED) is 0.385. The molecule has 0 amide bonds. The third-order valence-corrected chi connectivity index (χ3v) is 3.36. The second-order valence-corrected chi connectivity index (χ2v) is 5.97. The Hall–Kier alpha value is -0.890. The standard InChI is InChI=1S/C16H29N5.HI/c1-13(2)11-15(21(3)4)12-20-16(17)19-10-8-14-7-5-6-9-18-14;/h5-7,9,13,15H,8,10-12H2,1-4H3,(H3,17,19,20);1H. The zero-order valence-corrected chi connectivity index (χ0v) is 16.5. The zero-order chi connectivity index (χ0) is 15.7. The van der Waals surface area contributed by atoms with Crippen molar-refractivity contribution in [1.82, 2.24) is 15.2 Å². The highest BCUT2D eigenvalue weighted by Gasteiger charge is 2.12. The van der Waals surface area contributed by atoms with Gasteiger partial charge in [0.25, 0.3) is 0 Å². The molecule has 6 heteroatoms. The third kappa shape index (κ3) is 9.19. The second-order valence-electron chi connectivity index (χ2n) is 5.97. The molecule has 0 aromatic carbocycles. The lowest BCUT2D eigenvalue weighted by atomic mass is 10.0. The topological polar surface area (TPSA) is 66.5 Å². The highest BCUT2D eigenvalue weighted by molar-refractivity contribution is 14.0. The molecule has 1 aromatic heterocycles. The van der Waals surface area contributed by atoms with Crippen molar-refractivity contribution in [2.75, 3.05) is 27.2 Å². The number of halogens is 1. The van der Waals surface area contributed by atoms with Crippen molar-refractivity contribution in [2.45, 2.75) is 32.7 Å². The van der Waals surface area contributed by atoms with E-state index in [-0.39, 0.29) is 24.0 Å². The number of hydrogen-bond donors (Lipinski definition) is 2. The molecule has 3 N–H and O–H groups in total. The Morgan fingerprint density at radius 1 is 1.36 bits per heavy atom. The molecule has 0 spiro atoms. The fourth-order valence-electron chi connectivity index (χ4n) is 2.12. The smallest absolute Gasteiger partial charge is 0.188 e. The van der Waals surface area contributed by atoms with Crippen LogP contribution in [0.2, 0.25) is 0 Å². The van der Waals surface area contributed by atoms with Gasteiger partial charge < -0.3 is 16.0 Å². The van der Waals surface area contributed by atoms with E-state index >= 15 is 0 Å². The Kier molecular flexibility index (Phi) is 11.2. The van der Waals surface area contributed by atoms with Crippen molar-refractivity contribution in [2.24, 2.45) is 16.6 Å². The van der Waals surface area contributed by atoms with Crippen LogP contribution in [0.4, 0.5) is 0 Å². The maximum Gasteiger partial charge on any atom is 0.188 e. The summed E-state index contributed by atoms with van der Waals surface area (Å²) in [5.41, 5.74) is 6.98. The van der Waals surface area contributed by atoms with Gasteiger partial charge in [0.05, 0.1) is 6.54 Å². The van der Waals surface area contributed by atoms with Crippen molar-refractivity contribution in [3.05, 3.63) is 30.1 Å². The van der Waals surface area contributed by atoms with E-state index in [1.54, 1.807) is 6.20 Å². The summed E-state index contributed by atoms with van der Waals surface area (Å²) in [5.74, 6) is 1.17. The minimum atomic E-state index is 0. The van der Waals surface area contributed by atoms with Gasteiger partial charge in [-0.05, 0) is 38.6 Å². The van der Waals surface area contributed by atoms with Crippen LogP contribution in [0.3, 0.4) is 0 Å². The van der Waals surface area contributed by atoms with Gasteiger partial charge in [-0.2, -0.15) is 0 Å². The first-order valence-corrected chi connectivity index (χ1v) is 7.59. The molecule has 0 bridgehead atoms. The summed E-state index contributed by atoms with van der Waals surface area (Å²) in [5, 5.41) is 3.15. The van der Waals surface area contributed by atoms with Crippen LogP contribution < -0.4 is 11.1 Å². The van der Waals surface area contributed by atoms with E-state index < -0.39 is 0 Å². The van der Waals surface area contributed by atoms with Gasteiger partial charge in [-0.15, -0.1) is 24.0 Å². The van der Waals surface area contributed by atoms with Crippen LogP contribution in [-0.2, 0) is 6.42 Å². The molecule has 1 heterocycles. The molecule has 0 aliphatic heterocycles. The van der Waals surface area contributed by atoms with Crippen molar-refractivity contribution >= 4 is 29.9 Å². The SMILES string of the molecule is CC(C)CC(CN=C(N)NCCc1ccccn1)N(C)C.I. The van der Waals surface area contributed by atoms with E-state index in [1.807, 2.05) is 18.2 Å². The van der Waals surface area contributed by atoms with E-state index in [0.717, 1.165) is 31.6 Å². The van der Waals surface area contributed by atoms with Crippen molar-refractivity contribution in [3.8, 4) is 0 Å². The molecule has 1 atom stereocenters. The molecule has 126 valence electrons. The summed E-state index contributed by atoms with van der Waals surface area (Å²) in [6, 6.07) is 6.36. The number of aromatic nitrogens is 1. The number of nitrogens with one attached hydrogen (secondary N) is 1. The highest BCUT2D eigenvalue weighted by Crippen LogP contribution is 2.09. The lowest BCUT2D eigenvalue weighted by Crippen LogP contribution is -2.37. The summed E-state index contributed by atoms with van der Waals surface area (Å²) in [4.78, 5) is 10.9. The molecule has 0 radical (unpaired) electrons. The van der Waals surface area contributed by atoms with Crippen LogP contribution in [-0.4, -0.2) is 49.1 Å². The summed E-state index contributed by atoms with van der Waals surface area (Å²) >= 11 is 0. The van der Waals surface area contributed by atoms with E-state index in [1.165, 1.54) is 0 Å². The van der Waals surface area contributed by atoms with Crippen LogP contribution in [0.5, 0.6) is 0 Å². The summed E-state index contributed by atoms with van der Waals surface area (Å²) in [6.07, 6.45) is 3.78. The van der Waals surface area contributed by atoms with E-state index in [0.29, 0.717) is 17.9 Å². The Balaban J connectivity index is 0.00000441. The van der Waals surface area contributed by atoms with Crippen LogP contribution in [0.1, 0.15) is 26.0 Å². The van der Waals surface area contributed by atoms with Gasteiger partial charge in [-0.25, -0.2) is 0 Å². The largest absolute Gasteiger partial charge is 0.370 e. The third-order valence-electron chi connectivity index (χ3n) is 3.36. The monoisotopic (exact) mass is 419 g/mol. The van der Waals surface area contributed by atoms with Crippen LogP contribution in [0, 0.1) is 5.92 Å². The van der Waals surface area contributed by atoms with Gasteiger partial charge in [0.2, 0.25) is 0 Å². The number of guanidine groups is 1. The van der Waals surface area contributed by atoms with Crippen molar-refractivity contribution in [1.29, 1.82) is 0 Å². The molecule has 0 aliphatic carbocycles. The lowest BCUT2D eigenvalue weighted by Gasteiger charge is -2.24. The highest BCUT2D eigenvalue weighted by atomic mass is 127. The molecule has 0 saturated heterocycles. The number of nitrogens with zero attached hydrogens (tertiary/aromatic N) is 3. The summed E-state index contributed by atoms with van der Waals surface area (Å²) in [7, 11) is 4.18. The van der Waals surface area contributed by atoms with Crippen molar-refractivity contribution < 1.29 is 0 Å².